The van der Waals surface area contributed by atoms with Crippen molar-refractivity contribution in [2.24, 2.45) is 0 Å². The Morgan fingerprint density at radius 2 is 1.52 bits per heavy atom. The van der Waals surface area contributed by atoms with Crippen LogP contribution in [-0.4, -0.2) is 29.5 Å². The van der Waals surface area contributed by atoms with E-state index in [1.165, 1.54) is 0 Å². The summed E-state index contributed by atoms with van der Waals surface area (Å²) in [4.78, 5) is 23.4. The van der Waals surface area contributed by atoms with E-state index in [0.717, 1.165) is 11.1 Å². The maximum atomic E-state index is 11.8. The van der Waals surface area contributed by atoms with E-state index in [2.05, 4.69) is 10.6 Å². The Morgan fingerprint density at radius 1 is 0.960 bits per heavy atom. The van der Waals surface area contributed by atoms with E-state index in [-0.39, 0.29) is 12.6 Å². The van der Waals surface area contributed by atoms with E-state index in [0.29, 0.717) is 5.56 Å². The largest absolute Gasteiger partial charge is 0.384 e. The lowest BCUT2D eigenvalue weighted by atomic mass is 9.93. The predicted octanol–water partition coefficient (Wildman–Crippen LogP) is 2.20. The van der Waals surface area contributed by atoms with Crippen molar-refractivity contribution in [1.29, 1.82) is 0 Å². The minimum Gasteiger partial charge on any atom is -0.384 e. The summed E-state index contributed by atoms with van der Waals surface area (Å²) < 4.78 is 0. The highest BCUT2D eigenvalue weighted by atomic mass is 16.3. The minimum absolute atomic E-state index is 0.0535. The zero-order chi connectivity index (χ0) is 18.4. The lowest BCUT2D eigenvalue weighted by Crippen LogP contribution is -2.46. The van der Waals surface area contributed by atoms with Crippen molar-refractivity contribution in [3.63, 3.8) is 0 Å². The van der Waals surface area contributed by atoms with Crippen molar-refractivity contribution in [1.82, 2.24) is 10.6 Å². The highest BCUT2D eigenvalue weighted by molar-refractivity contribution is 6.35. The first-order chi connectivity index (χ1) is 11.8. The van der Waals surface area contributed by atoms with Crippen molar-refractivity contribution in [2.45, 2.75) is 32.4 Å². The molecule has 0 aromatic heterocycles. The second-order valence-corrected chi connectivity index (χ2v) is 6.53. The van der Waals surface area contributed by atoms with E-state index in [1.54, 1.807) is 20.8 Å². The standard InChI is InChI=1S/C20H24N2O3/c1-14(2)22-19(24)18(23)21-13-20(3,25)17-11-9-16(10-12-17)15-7-5-4-6-8-15/h4-12,14,25H,13H2,1-3H3,(H,21,23)(H,22,24). The number of benzene rings is 2. The molecule has 0 aliphatic carbocycles. The number of rotatable bonds is 5. The molecule has 0 radical (unpaired) electrons. The molecule has 2 amide bonds. The van der Waals surface area contributed by atoms with E-state index < -0.39 is 17.4 Å². The van der Waals surface area contributed by atoms with Gasteiger partial charge in [-0.2, -0.15) is 0 Å². The van der Waals surface area contributed by atoms with Crippen LogP contribution in [0.1, 0.15) is 26.3 Å². The van der Waals surface area contributed by atoms with Gasteiger partial charge in [0.25, 0.3) is 0 Å². The molecule has 0 saturated heterocycles. The Bertz CT molecular complexity index is 722. The maximum Gasteiger partial charge on any atom is 0.309 e. The first-order valence-electron chi connectivity index (χ1n) is 8.26. The summed E-state index contributed by atoms with van der Waals surface area (Å²) in [6.07, 6.45) is 0. The summed E-state index contributed by atoms with van der Waals surface area (Å²) in [6.45, 7) is 5.10. The fourth-order valence-electron chi connectivity index (χ4n) is 2.41. The Balaban J connectivity index is 2.02. The molecule has 2 aromatic carbocycles. The molecule has 132 valence electrons. The summed E-state index contributed by atoms with van der Waals surface area (Å²) >= 11 is 0. The molecule has 5 heteroatoms. The molecule has 2 rings (SSSR count). The molecule has 0 fully saturated rings. The van der Waals surface area contributed by atoms with Gasteiger partial charge in [-0.3, -0.25) is 9.59 Å². The summed E-state index contributed by atoms with van der Waals surface area (Å²) in [7, 11) is 0. The second-order valence-electron chi connectivity index (χ2n) is 6.53. The van der Waals surface area contributed by atoms with Gasteiger partial charge in [-0.05, 0) is 37.5 Å². The van der Waals surface area contributed by atoms with Crippen molar-refractivity contribution in [2.75, 3.05) is 6.54 Å². The molecule has 0 spiro atoms. The number of nitrogens with one attached hydrogen (secondary N) is 2. The predicted molar refractivity (Wildman–Crippen MR) is 97.7 cm³/mol. The fraction of sp³-hybridized carbons (Fsp3) is 0.300. The zero-order valence-corrected chi connectivity index (χ0v) is 14.7. The molecule has 1 unspecified atom stereocenters. The van der Waals surface area contributed by atoms with Crippen molar-refractivity contribution < 1.29 is 14.7 Å². The maximum absolute atomic E-state index is 11.8. The van der Waals surface area contributed by atoms with Crippen LogP contribution in [0.3, 0.4) is 0 Å². The smallest absolute Gasteiger partial charge is 0.309 e. The van der Waals surface area contributed by atoms with Gasteiger partial charge in [-0.1, -0.05) is 54.6 Å². The molecule has 0 aliphatic heterocycles. The molecular formula is C20H24N2O3. The summed E-state index contributed by atoms with van der Waals surface area (Å²) in [5.41, 5.74) is 1.52. The van der Waals surface area contributed by atoms with Gasteiger partial charge in [0.2, 0.25) is 0 Å². The Morgan fingerprint density at radius 3 is 2.08 bits per heavy atom. The third-order valence-corrected chi connectivity index (χ3v) is 3.83. The molecule has 1 atom stereocenters. The Kier molecular flexibility index (Phi) is 5.93. The van der Waals surface area contributed by atoms with Crippen molar-refractivity contribution >= 4 is 11.8 Å². The molecule has 0 heterocycles. The van der Waals surface area contributed by atoms with Gasteiger partial charge in [0.15, 0.2) is 0 Å². The number of amides is 2. The molecule has 0 bridgehead atoms. The number of carbonyl (C=O) groups is 2. The molecule has 3 N–H and O–H groups in total. The zero-order valence-electron chi connectivity index (χ0n) is 14.7. The monoisotopic (exact) mass is 340 g/mol. The number of carbonyl (C=O) groups excluding carboxylic acids is 2. The van der Waals surface area contributed by atoms with Crippen LogP contribution in [0.4, 0.5) is 0 Å². The van der Waals surface area contributed by atoms with Crippen molar-refractivity contribution in [3.05, 3.63) is 60.2 Å². The second kappa shape index (κ2) is 7.94. The van der Waals surface area contributed by atoms with Crippen LogP contribution in [0.25, 0.3) is 11.1 Å². The van der Waals surface area contributed by atoms with Crippen molar-refractivity contribution in [3.8, 4) is 11.1 Å². The van der Waals surface area contributed by atoms with Crippen LogP contribution < -0.4 is 10.6 Å². The first kappa shape index (κ1) is 18.7. The molecule has 25 heavy (non-hydrogen) atoms. The first-order valence-corrected chi connectivity index (χ1v) is 8.26. The molecule has 2 aromatic rings. The lowest BCUT2D eigenvalue weighted by Gasteiger charge is -2.24. The normalized spacial score (nSPS) is 13.2. The molecule has 0 aliphatic rings. The highest BCUT2D eigenvalue weighted by Crippen LogP contribution is 2.24. The van der Waals surface area contributed by atoms with E-state index in [4.69, 9.17) is 0 Å². The average molecular weight is 340 g/mol. The van der Waals surface area contributed by atoms with Crippen LogP contribution in [0.15, 0.2) is 54.6 Å². The quantitative estimate of drug-likeness (QED) is 0.730. The Hall–Kier alpha value is -2.66. The molecular weight excluding hydrogens is 316 g/mol. The lowest BCUT2D eigenvalue weighted by molar-refractivity contribution is -0.140. The average Bonchev–Trinajstić information content (AvgIpc) is 2.60. The minimum atomic E-state index is -1.27. The summed E-state index contributed by atoms with van der Waals surface area (Å²) in [5.74, 6) is -1.46. The Labute approximate surface area is 148 Å². The molecule has 0 saturated carbocycles. The number of hydrogen-bond acceptors (Lipinski definition) is 3. The van der Waals surface area contributed by atoms with E-state index >= 15 is 0 Å². The highest BCUT2D eigenvalue weighted by Gasteiger charge is 2.25. The van der Waals surface area contributed by atoms with Crippen LogP contribution in [0, 0.1) is 0 Å². The topological polar surface area (TPSA) is 78.4 Å². The third kappa shape index (κ3) is 5.16. The van der Waals surface area contributed by atoms with Gasteiger partial charge in [-0.15, -0.1) is 0 Å². The van der Waals surface area contributed by atoms with Crippen LogP contribution in [0.2, 0.25) is 0 Å². The van der Waals surface area contributed by atoms with Gasteiger partial charge in [-0.25, -0.2) is 0 Å². The fourth-order valence-corrected chi connectivity index (χ4v) is 2.41. The summed E-state index contributed by atoms with van der Waals surface area (Å²) in [5, 5.41) is 15.6. The van der Waals surface area contributed by atoms with E-state index in [9.17, 15) is 14.7 Å². The number of aliphatic hydroxyl groups is 1. The van der Waals surface area contributed by atoms with Crippen LogP contribution in [0.5, 0.6) is 0 Å². The third-order valence-electron chi connectivity index (χ3n) is 3.83. The van der Waals surface area contributed by atoms with Gasteiger partial charge in [0, 0.05) is 6.04 Å². The molecule has 5 nitrogen and oxygen atoms in total. The van der Waals surface area contributed by atoms with Crippen LogP contribution >= 0.6 is 0 Å². The van der Waals surface area contributed by atoms with E-state index in [1.807, 2.05) is 54.6 Å². The van der Waals surface area contributed by atoms with Crippen LogP contribution in [-0.2, 0) is 15.2 Å². The van der Waals surface area contributed by atoms with Gasteiger partial charge in [0.05, 0.1) is 6.54 Å². The van der Waals surface area contributed by atoms with Gasteiger partial charge in [0.1, 0.15) is 5.60 Å². The number of hydrogen-bond donors (Lipinski definition) is 3. The van der Waals surface area contributed by atoms with Gasteiger partial charge >= 0.3 is 11.8 Å². The van der Waals surface area contributed by atoms with Gasteiger partial charge < -0.3 is 15.7 Å². The summed E-state index contributed by atoms with van der Waals surface area (Å²) in [6, 6.07) is 17.3. The SMILES string of the molecule is CC(C)NC(=O)C(=O)NCC(C)(O)c1ccc(-c2ccccc2)cc1.